The third-order valence-corrected chi connectivity index (χ3v) is 6.02. The second kappa shape index (κ2) is 7.15. The summed E-state index contributed by atoms with van der Waals surface area (Å²) in [5.74, 6) is -0.808. The molecule has 2 aromatic rings. The van der Waals surface area contributed by atoms with Gasteiger partial charge < -0.3 is 0 Å². The van der Waals surface area contributed by atoms with Crippen LogP contribution in [0.25, 0.3) is 0 Å². The van der Waals surface area contributed by atoms with Crippen LogP contribution in [0.5, 0.6) is 0 Å². The van der Waals surface area contributed by atoms with Gasteiger partial charge in [-0.1, -0.05) is 68.3 Å². The minimum Gasteiger partial charge on any atom is -0.300 e. The summed E-state index contributed by atoms with van der Waals surface area (Å²) >= 11 is 6.95. The summed E-state index contributed by atoms with van der Waals surface area (Å²) in [6.45, 7) is 0. The summed E-state index contributed by atoms with van der Waals surface area (Å²) in [7, 11) is 0. The average molecular weight is 453 g/mol. The lowest BCUT2D eigenvalue weighted by atomic mass is 9.71. The van der Waals surface area contributed by atoms with Gasteiger partial charge in [0.15, 0.2) is 0 Å². The van der Waals surface area contributed by atoms with Gasteiger partial charge in [-0.25, -0.2) is 0 Å². The highest BCUT2D eigenvalue weighted by Crippen LogP contribution is 2.44. The lowest BCUT2D eigenvalue weighted by Crippen LogP contribution is -2.40. The molecule has 6 heteroatoms. The third-order valence-electron chi connectivity index (χ3n) is 4.57. The number of benzene rings is 2. The Balaban J connectivity index is 2.10. The first-order chi connectivity index (χ1) is 11.5. The average Bonchev–Trinajstić information content (AvgIpc) is 2.54. The predicted molar refractivity (Wildman–Crippen MR) is 98.8 cm³/mol. The second-order valence-corrected chi connectivity index (χ2v) is 7.69. The molecule has 124 valence electrons. The Labute approximate surface area is 156 Å². The van der Waals surface area contributed by atoms with E-state index >= 15 is 0 Å². The van der Waals surface area contributed by atoms with Crippen molar-refractivity contribution in [1.29, 1.82) is 0 Å². The van der Waals surface area contributed by atoms with Crippen molar-refractivity contribution >= 4 is 37.6 Å². The minimum atomic E-state index is -0.833. The van der Waals surface area contributed by atoms with Crippen LogP contribution in [-0.4, -0.2) is 16.7 Å². The monoisotopic (exact) mass is 451 g/mol. The van der Waals surface area contributed by atoms with E-state index in [1.165, 1.54) is 0 Å². The topological polar surface area (TPSA) is 60.2 Å². The molecular weight excluding hydrogens is 438 g/mol. The molecule has 1 aliphatic rings. The molecule has 24 heavy (non-hydrogen) atoms. The predicted octanol–water partition coefficient (Wildman–Crippen LogP) is 5.09. The molecule has 0 aliphatic heterocycles. The molecular formula is C18H15Br2NO3. The molecule has 0 spiro atoms. The first-order valence-electron chi connectivity index (χ1n) is 7.63. The zero-order valence-corrected chi connectivity index (χ0v) is 15.9. The van der Waals surface area contributed by atoms with E-state index in [1.807, 2.05) is 48.5 Å². The summed E-state index contributed by atoms with van der Waals surface area (Å²) in [6.07, 6.45) is 0.407. The van der Waals surface area contributed by atoms with E-state index in [0.29, 0.717) is 0 Å². The van der Waals surface area contributed by atoms with Crippen molar-refractivity contribution < 1.29 is 9.72 Å². The van der Waals surface area contributed by atoms with Crippen LogP contribution in [0.2, 0.25) is 0 Å². The van der Waals surface area contributed by atoms with Gasteiger partial charge in [0.05, 0.1) is 11.8 Å². The number of hydrogen-bond acceptors (Lipinski definition) is 3. The van der Waals surface area contributed by atoms with E-state index in [0.717, 1.165) is 20.1 Å². The number of hydrogen-bond donors (Lipinski definition) is 0. The van der Waals surface area contributed by atoms with E-state index < -0.39 is 17.9 Å². The fourth-order valence-electron chi connectivity index (χ4n) is 3.53. The molecule has 0 saturated heterocycles. The Morgan fingerprint density at radius 2 is 1.29 bits per heavy atom. The van der Waals surface area contributed by atoms with E-state index in [1.54, 1.807) is 0 Å². The van der Waals surface area contributed by atoms with Crippen LogP contribution in [0.1, 0.15) is 35.8 Å². The van der Waals surface area contributed by atoms with E-state index in [-0.39, 0.29) is 23.5 Å². The van der Waals surface area contributed by atoms with E-state index in [2.05, 4.69) is 31.9 Å². The Bertz CT molecular complexity index is 736. The van der Waals surface area contributed by atoms with Crippen LogP contribution in [0.3, 0.4) is 0 Å². The van der Waals surface area contributed by atoms with Crippen LogP contribution in [0.4, 0.5) is 0 Å². The molecule has 3 rings (SSSR count). The molecule has 0 radical (unpaired) electrons. The smallest absolute Gasteiger partial charge is 0.227 e. The van der Waals surface area contributed by atoms with Crippen molar-refractivity contribution in [2.45, 2.75) is 30.7 Å². The van der Waals surface area contributed by atoms with Crippen molar-refractivity contribution in [2.75, 3.05) is 0 Å². The molecule has 0 aromatic heterocycles. The van der Waals surface area contributed by atoms with Gasteiger partial charge in [-0.3, -0.25) is 14.9 Å². The van der Waals surface area contributed by atoms with Crippen molar-refractivity contribution in [3.63, 3.8) is 0 Å². The quantitative estimate of drug-likeness (QED) is 0.481. The Morgan fingerprint density at radius 3 is 1.67 bits per heavy atom. The van der Waals surface area contributed by atoms with Gasteiger partial charge in [0.2, 0.25) is 6.04 Å². The largest absolute Gasteiger partial charge is 0.300 e. The summed E-state index contributed by atoms with van der Waals surface area (Å²) in [4.78, 5) is 24.1. The van der Waals surface area contributed by atoms with Crippen molar-refractivity contribution in [1.82, 2.24) is 0 Å². The first-order valence-corrected chi connectivity index (χ1v) is 9.21. The number of carbonyl (C=O) groups is 1. The SMILES string of the molecule is O=C1C[C@H](c2ccccc2Br)C([N+](=O)[O-])[C@@H](c2ccccc2Br)C1. The molecule has 0 amide bonds. The lowest BCUT2D eigenvalue weighted by Gasteiger charge is -2.33. The van der Waals surface area contributed by atoms with Crippen LogP contribution < -0.4 is 0 Å². The maximum absolute atomic E-state index is 12.4. The molecule has 2 atom stereocenters. The molecule has 0 N–H and O–H groups in total. The maximum atomic E-state index is 12.4. The molecule has 1 aliphatic carbocycles. The molecule has 1 saturated carbocycles. The highest BCUT2D eigenvalue weighted by molar-refractivity contribution is 9.10. The zero-order chi connectivity index (χ0) is 17.3. The minimum absolute atomic E-state index is 0.0645. The Kier molecular flexibility index (Phi) is 5.15. The second-order valence-electron chi connectivity index (χ2n) is 5.98. The van der Waals surface area contributed by atoms with E-state index in [9.17, 15) is 14.9 Å². The zero-order valence-electron chi connectivity index (χ0n) is 12.7. The Morgan fingerprint density at radius 1 is 0.875 bits per heavy atom. The fraction of sp³-hybridized carbons (Fsp3) is 0.278. The normalized spacial score (nSPS) is 21.7. The summed E-state index contributed by atoms with van der Waals surface area (Å²) in [6, 6.07) is 14.0. The van der Waals surface area contributed by atoms with Gasteiger partial charge in [-0.15, -0.1) is 0 Å². The number of nitrogens with zero attached hydrogens (tertiary/aromatic N) is 1. The molecule has 0 bridgehead atoms. The maximum Gasteiger partial charge on any atom is 0.227 e. The summed E-state index contributed by atoms with van der Waals surface area (Å²) < 4.78 is 1.62. The molecule has 0 heterocycles. The van der Waals surface area contributed by atoms with Crippen LogP contribution >= 0.6 is 31.9 Å². The third kappa shape index (κ3) is 3.30. The number of rotatable bonds is 3. The van der Waals surface area contributed by atoms with Gasteiger partial charge in [-0.2, -0.15) is 0 Å². The number of nitro groups is 1. The van der Waals surface area contributed by atoms with Crippen molar-refractivity contribution in [3.8, 4) is 0 Å². The number of halogens is 2. The van der Waals surface area contributed by atoms with Crippen molar-refractivity contribution in [3.05, 3.63) is 78.7 Å². The Hall–Kier alpha value is -1.53. The summed E-state index contributed by atoms with van der Waals surface area (Å²) in [5.41, 5.74) is 1.65. The van der Waals surface area contributed by atoms with E-state index in [4.69, 9.17) is 0 Å². The van der Waals surface area contributed by atoms with Gasteiger partial charge in [0.25, 0.3) is 0 Å². The molecule has 2 aromatic carbocycles. The standard InChI is InChI=1S/C18H15Br2NO3/c19-16-7-3-1-5-12(16)14-9-11(22)10-15(18(14)21(23)24)13-6-2-4-8-17(13)20/h1-8,14-15,18H,9-10H2/t14-,15-/m1/s1. The summed E-state index contributed by atoms with van der Waals surface area (Å²) in [5, 5.41) is 11.9. The fourth-order valence-corrected chi connectivity index (χ4v) is 4.69. The van der Waals surface area contributed by atoms with Gasteiger partial charge in [0, 0.05) is 26.7 Å². The highest BCUT2D eigenvalue weighted by Gasteiger charge is 2.47. The van der Waals surface area contributed by atoms with Gasteiger partial charge in [-0.05, 0) is 23.3 Å². The number of ketones is 1. The van der Waals surface area contributed by atoms with Crippen LogP contribution in [0, 0.1) is 10.1 Å². The molecule has 1 fully saturated rings. The lowest BCUT2D eigenvalue weighted by molar-refractivity contribution is -0.532. The van der Waals surface area contributed by atoms with Gasteiger partial charge >= 0.3 is 0 Å². The van der Waals surface area contributed by atoms with Crippen LogP contribution in [-0.2, 0) is 4.79 Å². The number of Topliss-reactive ketones (excluding diaryl/α,β-unsaturated/α-hetero) is 1. The molecule has 0 unspecified atom stereocenters. The van der Waals surface area contributed by atoms with Crippen LogP contribution in [0.15, 0.2) is 57.5 Å². The van der Waals surface area contributed by atoms with Crippen molar-refractivity contribution in [2.24, 2.45) is 0 Å². The molecule has 4 nitrogen and oxygen atoms in total. The van der Waals surface area contributed by atoms with Gasteiger partial charge in [0.1, 0.15) is 5.78 Å². The first kappa shape index (κ1) is 17.3. The number of carbonyl (C=O) groups excluding carboxylic acids is 1. The highest BCUT2D eigenvalue weighted by atomic mass is 79.9.